The third-order valence-corrected chi connectivity index (χ3v) is 3.53. The van der Waals surface area contributed by atoms with Crippen molar-refractivity contribution < 1.29 is 0 Å². The molecule has 0 saturated heterocycles. The van der Waals surface area contributed by atoms with Crippen LogP contribution in [0, 0.1) is 11.3 Å². The average Bonchev–Trinajstić information content (AvgIpc) is 3.05. The van der Waals surface area contributed by atoms with E-state index in [0.717, 1.165) is 36.3 Å². The van der Waals surface area contributed by atoms with E-state index in [9.17, 15) is 5.26 Å². The Morgan fingerprint density at radius 2 is 2.10 bits per heavy atom. The van der Waals surface area contributed by atoms with Crippen LogP contribution in [0.1, 0.15) is 55.9 Å². The number of aromatic amines is 1. The normalized spacial score (nSPS) is 11.9. The third-order valence-electron chi connectivity index (χ3n) is 3.53. The molecular weight excluding hydrogens is 264 g/mol. The molecule has 1 unspecified atom stereocenters. The molecule has 0 aliphatic heterocycles. The Hall–Kier alpha value is -2.42. The fourth-order valence-electron chi connectivity index (χ4n) is 2.39. The van der Waals surface area contributed by atoms with Crippen LogP contribution in [0.15, 0.2) is 12.4 Å². The van der Waals surface area contributed by atoms with Crippen molar-refractivity contribution in [2.24, 2.45) is 0 Å². The number of nitriles is 1. The van der Waals surface area contributed by atoms with Crippen molar-refractivity contribution in [3.8, 4) is 6.07 Å². The molecule has 0 amide bonds. The Labute approximate surface area is 124 Å². The molecule has 6 nitrogen and oxygen atoms in total. The first-order valence-corrected chi connectivity index (χ1v) is 7.29. The number of aromatic nitrogens is 4. The molecule has 0 aliphatic rings. The lowest BCUT2D eigenvalue weighted by atomic mass is 10.0. The van der Waals surface area contributed by atoms with Crippen molar-refractivity contribution in [2.75, 3.05) is 5.32 Å². The van der Waals surface area contributed by atoms with Crippen LogP contribution in [0.25, 0.3) is 0 Å². The highest BCUT2D eigenvalue weighted by atomic mass is 15.2. The number of aryl methyl sites for hydroxylation is 1. The van der Waals surface area contributed by atoms with Gasteiger partial charge in [0.2, 0.25) is 0 Å². The van der Waals surface area contributed by atoms with Gasteiger partial charge < -0.3 is 10.3 Å². The van der Waals surface area contributed by atoms with Gasteiger partial charge in [-0.15, -0.1) is 5.10 Å². The van der Waals surface area contributed by atoms with Crippen LogP contribution in [0.2, 0.25) is 0 Å². The molecule has 0 fully saturated rings. The van der Waals surface area contributed by atoms with Crippen molar-refractivity contribution in [1.29, 1.82) is 5.26 Å². The lowest BCUT2D eigenvalue weighted by Crippen LogP contribution is -2.16. The number of imidazole rings is 1. The summed E-state index contributed by atoms with van der Waals surface area (Å²) in [7, 11) is 0. The minimum atomic E-state index is -0.0152. The summed E-state index contributed by atoms with van der Waals surface area (Å²) in [6.45, 7) is 6.11. The lowest BCUT2D eigenvalue weighted by molar-refractivity contribution is 0.694. The molecule has 0 bridgehead atoms. The molecule has 2 aromatic heterocycles. The van der Waals surface area contributed by atoms with Crippen LogP contribution < -0.4 is 5.32 Å². The fraction of sp³-hybridized carbons (Fsp3) is 0.467. The van der Waals surface area contributed by atoms with E-state index in [-0.39, 0.29) is 6.04 Å². The number of H-pyrrole nitrogens is 1. The number of anilines is 1. The van der Waals surface area contributed by atoms with Crippen molar-refractivity contribution in [3.05, 3.63) is 35.0 Å². The predicted molar refractivity (Wildman–Crippen MR) is 80.7 cm³/mol. The monoisotopic (exact) mass is 284 g/mol. The van der Waals surface area contributed by atoms with Gasteiger partial charge in [-0.05, 0) is 24.8 Å². The van der Waals surface area contributed by atoms with Crippen molar-refractivity contribution in [3.63, 3.8) is 0 Å². The first kappa shape index (κ1) is 15.0. The first-order valence-electron chi connectivity index (χ1n) is 7.29. The maximum atomic E-state index is 9.49. The van der Waals surface area contributed by atoms with Crippen molar-refractivity contribution in [1.82, 2.24) is 20.2 Å². The molecule has 6 heteroatoms. The zero-order valence-corrected chi connectivity index (χ0v) is 12.6. The number of rotatable bonds is 6. The summed E-state index contributed by atoms with van der Waals surface area (Å²) in [6, 6.07) is 2.25. The summed E-state index contributed by atoms with van der Waals surface area (Å²) in [6.07, 6.45) is 5.88. The van der Waals surface area contributed by atoms with Gasteiger partial charge in [0.15, 0.2) is 5.82 Å². The van der Waals surface area contributed by atoms with Gasteiger partial charge in [-0.25, -0.2) is 4.98 Å². The molecule has 110 valence electrons. The Bertz CT molecular complexity index is 626. The molecule has 2 aromatic rings. The minimum Gasteiger partial charge on any atom is -0.358 e. The van der Waals surface area contributed by atoms with E-state index < -0.39 is 0 Å². The highest BCUT2D eigenvalue weighted by Gasteiger charge is 2.18. The molecule has 1 atom stereocenters. The Morgan fingerprint density at radius 1 is 1.29 bits per heavy atom. The highest BCUT2D eigenvalue weighted by molar-refractivity contribution is 5.57. The zero-order valence-electron chi connectivity index (χ0n) is 12.6. The fourth-order valence-corrected chi connectivity index (χ4v) is 2.39. The van der Waals surface area contributed by atoms with Gasteiger partial charge in [0.1, 0.15) is 17.5 Å². The molecule has 0 aromatic carbocycles. The van der Waals surface area contributed by atoms with Crippen molar-refractivity contribution in [2.45, 2.75) is 46.1 Å². The average molecular weight is 284 g/mol. The molecule has 0 radical (unpaired) electrons. The quantitative estimate of drug-likeness (QED) is 0.851. The second-order valence-corrected chi connectivity index (χ2v) is 4.75. The first-order chi connectivity index (χ1) is 10.2. The maximum absolute atomic E-state index is 9.49. The summed E-state index contributed by atoms with van der Waals surface area (Å²) < 4.78 is 0. The van der Waals surface area contributed by atoms with Crippen LogP contribution in [-0.4, -0.2) is 20.2 Å². The molecule has 0 saturated carbocycles. The summed E-state index contributed by atoms with van der Waals surface area (Å²) in [5.74, 6) is 1.37. The van der Waals surface area contributed by atoms with Crippen LogP contribution in [0.5, 0.6) is 0 Å². The molecule has 0 aliphatic carbocycles. The van der Waals surface area contributed by atoms with Gasteiger partial charge in [-0.3, -0.25) is 0 Å². The summed E-state index contributed by atoms with van der Waals surface area (Å²) in [5, 5.41) is 21.2. The smallest absolute Gasteiger partial charge is 0.167 e. The topological polar surface area (TPSA) is 90.3 Å². The molecular formula is C15H20N6. The van der Waals surface area contributed by atoms with Crippen LogP contribution in [0.4, 0.5) is 5.82 Å². The van der Waals surface area contributed by atoms with Gasteiger partial charge >= 0.3 is 0 Å². The van der Waals surface area contributed by atoms with E-state index in [1.54, 1.807) is 12.4 Å². The largest absolute Gasteiger partial charge is 0.358 e. The maximum Gasteiger partial charge on any atom is 0.167 e. The second-order valence-electron chi connectivity index (χ2n) is 4.75. The van der Waals surface area contributed by atoms with E-state index in [4.69, 9.17) is 0 Å². The van der Waals surface area contributed by atoms with Gasteiger partial charge in [0, 0.05) is 12.4 Å². The number of hydrogen-bond donors (Lipinski definition) is 2. The lowest BCUT2D eigenvalue weighted by Gasteiger charge is -2.17. The van der Waals surface area contributed by atoms with E-state index >= 15 is 0 Å². The van der Waals surface area contributed by atoms with E-state index in [1.165, 1.54) is 0 Å². The Morgan fingerprint density at radius 3 is 2.62 bits per heavy atom. The molecule has 0 spiro atoms. The SMILES string of the molecule is CCc1nnc(NC(CC)c2ncc[nH]2)c(C#N)c1CC. The van der Waals surface area contributed by atoms with E-state index in [0.29, 0.717) is 11.4 Å². The second kappa shape index (κ2) is 6.84. The van der Waals surface area contributed by atoms with Gasteiger partial charge in [-0.1, -0.05) is 20.8 Å². The van der Waals surface area contributed by atoms with Gasteiger partial charge in [-0.2, -0.15) is 10.4 Å². The van der Waals surface area contributed by atoms with Crippen molar-refractivity contribution >= 4 is 5.82 Å². The summed E-state index contributed by atoms with van der Waals surface area (Å²) >= 11 is 0. The molecule has 2 N–H and O–H groups in total. The number of hydrogen-bond acceptors (Lipinski definition) is 5. The van der Waals surface area contributed by atoms with E-state index in [2.05, 4.69) is 38.5 Å². The molecule has 2 heterocycles. The van der Waals surface area contributed by atoms with Gasteiger partial charge in [0.05, 0.1) is 11.7 Å². The summed E-state index contributed by atoms with van der Waals surface area (Å²) in [5.41, 5.74) is 2.46. The van der Waals surface area contributed by atoms with Crippen LogP contribution in [0.3, 0.4) is 0 Å². The van der Waals surface area contributed by atoms with E-state index in [1.807, 2.05) is 13.8 Å². The Kier molecular flexibility index (Phi) is 4.88. The number of nitrogens with zero attached hydrogens (tertiary/aromatic N) is 4. The zero-order chi connectivity index (χ0) is 15.2. The Balaban J connectivity index is 2.38. The highest BCUT2D eigenvalue weighted by Crippen LogP contribution is 2.24. The van der Waals surface area contributed by atoms with Gasteiger partial charge in [0.25, 0.3) is 0 Å². The minimum absolute atomic E-state index is 0.0152. The van der Waals surface area contributed by atoms with Crippen LogP contribution in [-0.2, 0) is 12.8 Å². The molecule has 2 rings (SSSR count). The number of nitrogens with one attached hydrogen (secondary N) is 2. The standard InChI is InChI=1S/C15H20N6/c1-4-10-11(9-16)14(21-20-12(10)5-2)19-13(6-3)15-17-7-8-18-15/h7-8,13H,4-6H2,1-3H3,(H,17,18)(H,19,21). The predicted octanol–water partition coefficient (Wildman–Crippen LogP) is 2.76. The third kappa shape index (κ3) is 3.02. The molecule has 21 heavy (non-hydrogen) atoms. The van der Waals surface area contributed by atoms with Crippen LogP contribution >= 0.6 is 0 Å². The summed E-state index contributed by atoms with van der Waals surface area (Å²) in [4.78, 5) is 7.36.